The molecule has 19 heavy (non-hydrogen) atoms. The fraction of sp³-hybridized carbons (Fsp3) is 0.562. The molecule has 0 N–H and O–H groups in total. The average Bonchev–Trinajstić information content (AvgIpc) is 2.39. The van der Waals surface area contributed by atoms with Crippen molar-refractivity contribution in [1.82, 2.24) is 0 Å². The number of esters is 1. The van der Waals surface area contributed by atoms with Gasteiger partial charge in [-0.2, -0.15) is 0 Å². The van der Waals surface area contributed by atoms with Crippen LogP contribution in [0.1, 0.15) is 32.3 Å². The van der Waals surface area contributed by atoms with Crippen molar-refractivity contribution in [2.24, 2.45) is 11.8 Å². The van der Waals surface area contributed by atoms with Crippen LogP contribution in [-0.4, -0.2) is 18.7 Å². The number of cyclic esters (lactones) is 1. The van der Waals surface area contributed by atoms with Crippen molar-refractivity contribution in [2.45, 2.75) is 39.4 Å². The lowest BCUT2D eigenvalue weighted by Crippen LogP contribution is -2.34. The van der Waals surface area contributed by atoms with Crippen molar-refractivity contribution in [3.8, 4) is 0 Å². The van der Waals surface area contributed by atoms with Crippen LogP contribution in [0.5, 0.6) is 0 Å². The molecule has 1 aliphatic rings. The van der Waals surface area contributed by atoms with Crippen molar-refractivity contribution >= 4 is 5.97 Å². The molecule has 2 atom stereocenters. The maximum absolute atomic E-state index is 11.5. The molecule has 1 aromatic carbocycles. The number of rotatable bonds is 5. The molecule has 3 heteroatoms. The molecule has 0 amide bonds. The second-order valence-corrected chi connectivity index (χ2v) is 5.56. The molecule has 0 unspecified atom stereocenters. The minimum atomic E-state index is -0.0858. The van der Waals surface area contributed by atoms with Gasteiger partial charge >= 0.3 is 5.97 Å². The molecule has 0 radical (unpaired) electrons. The fourth-order valence-electron chi connectivity index (χ4n) is 2.41. The molecular weight excluding hydrogens is 240 g/mol. The summed E-state index contributed by atoms with van der Waals surface area (Å²) in [7, 11) is 0. The number of benzene rings is 1. The van der Waals surface area contributed by atoms with Gasteiger partial charge in [0.15, 0.2) is 0 Å². The maximum Gasteiger partial charge on any atom is 0.306 e. The number of hydrogen-bond donors (Lipinski definition) is 0. The number of carbonyl (C=O) groups excluding carboxylic acids is 1. The van der Waals surface area contributed by atoms with Gasteiger partial charge in [-0.1, -0.05) is 44.2 Å². The van der Waals surface area contributed by atoms with E-state index in [1.54, 1.807) is 0 Å². The van der Waals surface area contributed by atoms with E-state index in [2.05, 4.69) is 13.8 Å². The first kappa shape index (κ1) is 14.1. The summed E-state index contributed by atoms with van der Waals surface area (Å²) >= 11 is 0. The van der Waals surface area contributed by atoms with E-state index in [0.717, 1.165) is 12.0 Å². The van der Waals surface area contributed by atoms with Gasteiger partial charge in [0.05, 0.1) is 13.2 Å². The molecule has 1 aliphatic heterocycles. The predicted octanol–water partition coefficient (Wildman–Crippen LogP) is 3.18. The van der Waals surface area contributed by atoms with Gasteiger partial charge in [0.2, 0.25) is 0 Å². The highest BCUT2D eigenvalue weighted by molar-refractivity contribution is 5.70. The van der Waals surface area contributed by atoms with Gasteiger partial charge in [0, 0.05) is 6.42 Å². The topological polar surface area (TPSA) is 35.5 Å². The molecule has 2 rings (SSSR count). The van der Waals surface area contributed by atoms with Crippen LogP contribution in [0, 0.1) is 11.8 Å². The third-order valence-electron chi connectivity index (χ3n) is 3.65. The van der Waals surface area contributed by atoms with Crippen LogP contribution in [0.15, 0.2) is 30.3 Å². The van der Waals surface area contributed by atoms with Crippen LogP contribution >= 0.6 is 0 Å². The van der Waals surface area contributed by atoms with E-state index in [9.17, 15) is 4.79 Å². The third kappa shape index (κ3) is 4.35. The summed E-state index contributed by atoms with van der Waals surface area (Å²) in [6.45, 7) is 5.38. The lowest BCUT2D eigenvalue weighted by Gasteiger charge is -2.30. The van der Waals surface area contributed by atoms with Crippen molar-refractivity contribution in [3.63, 3.8) is 0 Å². The van der Waals surface area contributed by atoms with Crippen LogP contribution in [0.2, 0.25) is 0 Å². The summed E-state index contributed by atoms with van der Waals surface area (Å²) in [6.07, 6.45) is 1.38. The molecule has 0 aliphatic carbocycles. The van der Waals surface area contributed by atoms with Crippen LogP contribution in [-0.2, 0) is 20.9 Å². The van der Waals surface area contributed by atoms with Crippen LogP contribution in [0.3, 0.4) is 0 Å². The molecule has 1 aromatic rings. The Morgan fingerprint density at radius 1 is 1.32 bits per heavy atom. The van der Waals surface area contributed by atoms with Crippen LogP contribution < -0.4 is 0 Å². The van der Waals surface area contributed by atoms with Crippen molar-refractivity contribution in [2.75, 3.05) is 6.61 Å². The van der Waals surface area contributed by atoms with Crippen molar-refractivity contribution < 1.29 is 14.3 Å². The van der Waals surface area contributed by atoms with E-state index in [1.807, 2.05) is 30.3 Å². The molecule has 0 saturated carbocycles. The molecule has 1 heterocycles. The molecule has 104 valence electrons. The summed E-state index contributed by atoms with van der Waals surface area (Å²) in [5.41, 5.74) is 1.14. The Kier molecular flexibility index (Phi) is 4.97. The van der Waals surface area contributed by atoms with Gasteiger partial charge < -0.3 is 9.47 Å². The molecule has 0 spiro atoms. The SMILES string of the molecule is CC(C)[C@@H]1CC(=O)O[C@@H](COCc2ccccc2)C1. The fourth-order valence-corrected chi connectivity index (χ4v) is 2.41. The van der Waals surface area contributed by atoms with Crippen LogP contribution in [0.4, 0.5) is 0 Å². The highest BCUT2D eigenvalue weighted by Crippen LogP contribution is 2.27. The van der Waals surface area contributed by atoms with Gasteiger partial charge in [0.1, 0.15) is 6.10 Å². The Morgan fingerprint density at radius 2 is 2.05 bits per heavy atom. The first-order chi connectivity index (χ1) is 9.15. The van der Waals surface area contributed by atoms with Gasteiger partial charge in [-0.15, -0.1) is 0 Å². The van der Waals surface area contributed by atoms with E-state index >= 15 is 0 Å². The zero-order valence-corrected chi connectivity index (χ0v) is 11.7. The lowest BCUT2D eigenvalue weighted by molar-refractivity contribution is -0.162. The van der Waals surface area contributed by atoms with Crippen molar-refractivity contribution in [1.29, 1.82) is 0 Å². The van der Waals surface area contributed by atoms with Gasteiger partial charge in [-0.05, 0) is 23.8 Å². The summed E-state index contributed by atoms with van der Waals surface area (Å²) in [4.78, 5) is 11.5. The highest BCUT2D eigenvalue weighted by atomic mass is 16.6. The maximum atomic E-state index is 11.5. The second-order valence-electron chi connectivity index (χ2n) is 5.56. The first-order valence-corrected chi connectivity index (χ1v) is 6.96. The van der Waals surface area contributed by atoms with E-state index in [1.165, 1.54) is 0 Å². The molecule has 0 aromatic heterocycles. The number of hydrogen-bond acceptors (Lipinski definition) is 3. The molecule has 1 fully saturated rings. The van der Waals surface area contributed by atoms with Gasteiger partial charge in [-0.3, -0.25) is 4.79 Å². The minimum Gasteiger partial charge on any atom is -0.460 e. The minimum absolute atomic E-state index is 0.0849. The lowest BCUT2D eigenvalue weighted by atomic mass is 9.86. The summed E-state index contributed by atoms with van der Waals surface area (Å²) in [5, 5.41) is 0. The highest BCUT2D eigenvalue weighted by Gasteiger charge is 2.30. The summed E-state index contributed by atoms with van der Waals surface area (Å²) in [6, 6.07) is 10.0. The average molecular weight is 262 g/mol. The Labute approximate surface area is 114 Å². The van der Waals surface area contributed by atoms with E-state index in [4.69, 9.17) is 9.47 Å². The van der Waals surface area contributed by atoms with E-state index in [-0.39, 0.29) is 12.1 Å². The smallest absolute Gasteiger partial charge is 0.306 e. The third-order valence-corrected chi connectivity index (χ3v) is 3.65. The molecular formula is C16H22O3. The van der Waals surface area contributed by atoms with E-state index < -0.39 is 0 Å². The number of carbonyl (C=O) groups is 1. The Bertz CT molecular complexity index is 400. The van der Waals surface area contributed by atoms with Crippen LogP contribution in [0.25, 0.3) is 0 Å². The van der Waals surface area contributed by atoms with E-state index in [0.29, 0.717) is 31.5 Å². The van der Waals surface area contributed by atoms with Gasteiger partial charge in [-0.25, -0.2) is 0 Å². The quantitative estimate of drug-likeness (QED) is 0.764. The normalized spacial score (nSPS) is 23.4. The van der Waals surface area contributed by atoms with Crippen molar-refractivity contribution in [3.05, 3.63) is 35.9 Å². The summed E-state index contributed by atoms with van der Waals surface area (Å²) in [5.74, 6) is 0.856. The monoisotopic (exact) mass is 262 g/mol. The standard InChI is InChI=1S/C16H22O3/c1-12(2)14-8-15(19-16(17)9-14)11-18-10-13-6-4-3-5-7-13/h3-7,12,14-15H,8-11H2,1-2H3/t14-,15+/m0/s1. The summed E-state index contributed by atoms with van der Waals surface area (Å²) < 4.78 is 11.0. The predicted molar refractivity (Wildman–Crippen MR) is 73.5 cm³/mol. The largest absolute Gasteiger partial charge is 0.460 e. The second kappa shape index (κ2) is 6.71. The molecule has 0 bridgehead atoms. The Balaban J connectivity index is 1.77. The first-order valence-electron chi connectivity index (χ1n) is 6.96. The zero-order valence-electron chi connectivity index (χ0n) is 11.7. The van der Waals surface area contributed by atoms with Gasteiger partial charge in [0.25, 0.3) is 0 Å². The molecule has 1 saturated heterocycles. The number of ether oxygens (including phenoxy) is 2. The zero-order chi connectivity index (χ0) is 13.7. The Hall–Kier alpha value is -1.35. The molecule has 3 nitrogen and oxygen atoms in total. The Morgan fingerprint density at radius 3 is 2.74 bits per heavy atom.